The van der Waals surface area contributed by atoms with E-state index in [4.69, 9.17) is 0 Å². The van der Waals surface area contributed by atoms with Crippen LogP contribution in [0.15, 0.2) is 54.7 Å². The summed E-state index contributed by atoms with van der Waals surface area (Å²) in [6.07, 6.45) is 7.07. The van der Waals surface area contributed by atoms with Gasteiger partial charge < -0.3 is 4.57 Å². The molecule has 0 atom stereocenters. The molecule has 0 bridgehead atoms. The van der Waals surface area contributed by atoms with Crippen LogP contribution in [-0.2, 0) is 20.0 Å². The number of aryl methyl sites for hydroxylation is 1. The number of hydrogen-bond acceptors (Lipinski definition) is 2. The molecule has 4 rings (SSSR count). The number of Topliss-reactive ketones (excluding diaryl/α,β-unsaturated/α-hetero) is 1. The van der Waals surface area contributed by atoms with Crippen molar-refractivity contribution >= 4 is 16.7 Å². The fraction of sp³-hybridized carbons (Fsp3) is 0.375. The van der Waals surface area contributed by atoms with Gasteiger partial charge in [0, 0.05) is 49.2 Å². The average molecular weight is 361 g/mol. The number of carbonyl (C=O) groups is 1. The summed E-state index contributed by atoms with van der Waals surface area (Å²) in [6.45, 7) is 3.37. The van der Waals surface area contributed by atoms with Crippen molar-refractivity contribution in [3.63, 3.8) is 0 Å². The number of benzene rings is 2. The molecule has 140 valence electrons. The Hall–Kier alpha value is -2.39. The van der Waals surface area contributed by atoms with Gasteiger partial charge in [0.25, 0.3) is 0 Å². The Morgan fingerprint density at radius 2 is 1.74 bits per heavy atom. The fourth-order valence-electron chi connectivity index (χ4n) is 4.24. The third kappa shape index (κ3) is 3.98. The van der Waals surface area contributed by atoms with Crippen LogP contribution in [0.3, 0.4) is 0 Å². The van der Waals surface area contributed by atoms with Gasteiger partial charge in [0.1, 0.15) is 0 Å². The predicted octanol–water partition coefficient (Wildman–Crippen LogP) is 4.98. The van der Waals surface area contributed by atoms with E-state index in [0.717, 1.165) is 55.4 Å². The zero-order valence-corrected chi connectivity index (χ0v) is 16.2. The zero-order chi connectivity index (χ0) is 18.6. The minimum absolute atomic E-state index is 0.277. The van der Waals surface area contributed by atoms with Crippen molar-refractivity contribution in [1.29, 1.82) is 0 Å². The molecule has 0 amide bonds. The highest BCUT2D eigenvalue weighted by molar-refractivity contribution is 6.08. The summed E-state index contributed by atoms with van der Waals surface area (Å²) < 4.78 is 2.05. The van der Waals surface area contributed by atoms with Gasteiger partial charge in [-0.2, -0.15) is 0 Å². The Morgan fingerprint density at radius 3 is 2.63 bits per heavy atom. The largest absolute Gasteiger partial charge is 0.350 e. The summed E-state index contributed by atoms with van der Waals surface area (Å²) >= 11 is 0. The van der Waals surface area contributed by atoms with E-state index in [1.54, 1.807) is 0 Å². The maximum atomic E-state index is 12.7. The number of rotatable bonds is 7. The molecule has 1 aliphatic rings. The molecule has 2 heterocycles. The van der Waals surface area contributed by atoms with Gasteiger partial charge in [-0.3, -0.25) is 9.69 Å². The number of para-hydroxylation sites is 1. The van der Waals surface area contributed by atoms with Gasteiger partial charge in [0.05, 0.1) is 0 Å². The van der Waals surface area contributed by atoms with Gasteiger partial charge in [0.2, 0.25) is 0 Å². The van der Waals surface area contributed by atoms with Gasteiger partial charge >= 0.3 is 0 Å². The highest BCUT2D eigenvalue weighted by Gasteiger charge is 2.16. The van der Waals surface area contributed by atoms with E-state index in [9.17, 15) is 4.79 Å². The Balaban J connectivity index is 1.23. The fourth-order valence-corrected chi connectivity index (χ4v) is 4.24. The second-order valence-corrected chi connectivity index (χ2v) is 7.70. The third-order valence-corrected chi connectivity index (χ3v) is 5.79. The lowest BCUT2D eigenvalue weighted by Gasteiger charge is -2.28. The van der Waals surface area contributed by atoms with E-state index in [1.807, 2.05) is 25.4 Å². The molecule has 0 radical (unpaired) electrons. The molecule has 0 spiro atoms. The molecule has 0 unspecified atom stereocenters. The van der Waals surface area contributed by atoms with Crippen LogP contribution in [0.25, 0.3) is 10.9 Å². The number of ketones is 1. The lowest BCUT2D eigenvalue weighted by molar-refractivity contribution is 0.0980. The standard InChI is InChI=1S/C24H28N2O/c1-25-18-22(21-11-6-7-12-23(21)25)24(27)13-3-2-8-15-26-16-14-19-9-4-5-10-20(19)17-26/h4-7,9-12,18H,2-3,8,13-17H2,1H3. The molecule has 1 aromatic heterocycles. The van der Waals surface area contributed by atoms with Crippen molar-refractivity contribution in [2.24, 2.45) is 7.05 Å². The van der Waals surface area contributed by atoms with Crippen LogP contribution in [-0.4, -0.2) is 28.3 Å². The van der Waals surface area contributed by atoms with Crippen molar-refractivity contribution in [2.45, 2.75) is 38.6 Å². The second kappa shape index (κ2) is 8.10. The molecule has 3 heteroatoms. The molecular weight excluding hydrogens is 332 g/mol. The molecule has 0 saturated carbocycles. The van der Waals surface area contributed by atoms with Gasteiger partial charge in [-0.15, -0.1) is 0 Å². The van der Waals surface area contributed by atoms with Crippen molar-refractivity contribution in [3.8, 4) is 0 Å². The Morgan fingerprint density at radius 1 is 0.963 bits per heavy atom. The molecule has 0 N–H and O–H groups in total. The second-order valence-electron chi connectivity index (χ2n) is 7.70. The highest BCUT2D eigenvalue weighted by Crippen LogP contribution is 2.23. The van der Waals surface area contributed by atoms with E-state index >= 15 is 0 Å². The van der Waals surface area contributed by atoms with E-state index in [1.165, 1.54) is 17.5 Å². The first kappa shape index (κ1) is 18.0. The molecule has 0 fully saturated rings. The molecule has 0 saturated heterocycles. The number of unbranched alkanes of at least 4 members (excludes halogenated alkanes) is 2. The first-order valence-electron chi connectivity index (χ1n) is 10.1. The van der Waals surface area contributed by atoms with Gasteiger partial charge in [-0.25, -0.2) is 0 Å². The summed E-state index contributed by atoms with van der Waals surface area (Å²) in [5, 5.41) is 1.08. The number of fused-ring (bicyclic) bond motifs is 2. The summed E-state index contributed by atoms with van der Waals surface area (Å²) in [7, 11) is 2.01. The molecule has 0 aliphatic carbocycles. The van der Waals surface area contributed by atoms with Crippen molar-refractivity contribution in [1.82, 2.24) is 9.47 Å². The Bertz CT molecular complexity index is 940. The maximum Gasteiger partial charge on any atom is 0.165 e. The van der Waals surface area contributed by atoms with E-state index in [-0.39, 0.29) is 5.78 Å². The first-order chi connectivity index (χ1) is 13.2. The maximum absolute atomic E-state index is 12.7. The first-order valence-corrected chi connectivity index (χ1v) is 10.1. The lowest BCUT2D eigenvalue weighted by atomic mass is 9.99. The van der Waals surface area contributed by atoms with Crippen LogP contribution in [0.4, 0.5) is 0 Å². The summed E-state index contributed by atoms with van der Waals surface area (Å²) in [6, 6.07) is 16.9. The van der Waals surface area contributed by atoms with Crippen molar-refractivity contribution < 1.29 is 4.79 Å². The van der Waals surface area contributed by atoms with Crippen LogP contribution < -0.4 is 0 Å². The van der Waals surface area contributed by atoms with Crippen LogP contribution >= 0.6 is 0 Å². The van der Waals surface area contributed by atoms with Crippen LogP contribution in [0.2, 0.25) is 0 Å². The number of nitrogens with zero attached hydrogens (tertiary/aromatic N) is 2. The van der Waals surface area contributed by atoms with Crippen molar-refractivity contribution in [3.05, 3.63) is 71.4 Å². The van der Waals surface area contributed by atoms with E-state index < -0.39 is 0 Å². The van der Waals surface area contributed by atoms with Gasteiger partial charge in [-0.05, 0) is 43.0 Å². The van der Waals surface area contributed by atoms with Gasteiger partial charge in [0.15, 0.2) is 5.78 Å². The average Bonchev–Trinajstić information content (AvgIpc) is 3.04. The number of carbonyl (C=O) groups excluding carboxylic acids is 1. The SMILES string of the molecule is Cn1cc(C(=O)CCCCCN2CCc3ccccc3C2)c2ccccc21. The van der Waals surface area contributed by atoms with Crippen LogP contribution in [0.5, 0.6) is 0 Å². The smallest absolute Gasteiger partial charge is 0.165 e. The van der Waals surface area contributed by atoms with Crippen LogP contribution in [0, 0.1) is 0 Å². The Kier molecular flexibility index (Phi) is 5.40. The molecule has 1 aliphatic heterocycles. The minimum Gasteiger partial charge on any atom is -0.350 e. The van der Waals surface area contributed by atoms with E-state index in [0.29, 0.717) is 6.42 Å². The number of hydrogen-bond donors (Lipinski definition) is 0. The molecular formula is C24H28N2O. The molecule has 3 nitrogen and oxygen atoms in total. The third-order valence-electron chi connectivity index (χ3n) is 5.79. The number of aromatic nitrogens is 1. The zero-order valence-electron chi connectivity index (χ0n) is 16.2. The highest BCUT2D eigenvalue weighted by atomic mass is 16.1. The Labute approximate surface area is 161 Å². The van der Waals surface area contributed by atoms with Gasteiger partial charge in [-0.1, -0.05) is 48.9 Å². The quantitative estimate of drug-likeness (QED) is 0.438. The van der Waals surface area contributed by atoms with Crippen LogP contribution in [0.1, 0.15) is 47.2 Å². The minimum atomic E-state index is 0.277. The molecule has 2 aromatic carbocycles. The monoisotopic (exact) mass is 360 g/mol. The lowest BCUT2D eigenvalue weighted by Crippen LogP contribution is -2.31. The summed E-state index contributed by atoms with van der Waals surface area (Å²) in [5.41, 5.74) is 5.00. The summed E-state index contributed by atoms with van der Waals surface area (Å²) in [4.78, 5) is 15.2. The topological polar surface area (TPSA) is 25.2 Å². The molecule has 27 heavy (non-hydrogen) atoms. The molecule has 3 aromatic rings. The normalized spacial score (nSPS) is 14.4. The van der Waals surface area contributed by atoms with Crippen molar-refractivity contribution in [2.75, 3.05) is 13.1 Å². The predicted molar refractivity (Wildman–Crippen MR) is 111 cm³/mol. The summed E-state index contributed by atoms with van der Waals surface area (Å²) in [5.74, 6) is 0.277. The van der Waals surface area contributed by atoms with E-state index in [2.05, 4.69) is 45.9 Å².